The lowest BCUT2D eigenvalue weighted by Gasteiger charge is -2.26. The van der Waals surface area contributed by atoms with E-state index in [1.165, 1.54) is 17.9 Å². The van der Waals surface area contributed by atoms with Gasteiger partial charge in [0, 0.05) is 13.2 Å². The maximum Gasteiger partial charge on any atom is 0.334 e. The number of hydrogen-bond acceptors (Lipinski definition) is 4. The molecule has 1 unspecified atom stereocenters. The second-order valence-electron chi connectivity index (χ2n) is 7.37. The number of quaternary nitrogens is 1. The molecule has 0 aromatic heterocycles. The van der Waals surface area contributed by atoms with Crippen LogP contribution in [0.2, 0.25) is 12.6 Å². The van der Waals surface area contributed by atoms with Crippen LogP contribution in [-0.2, 0) is 13.6 Å². The molecule has 0 N–H and O–H groups in total. The molecule has 0 aliphatic heterocycles. The quantitative estimate of drug-likeness (QED) is 0.251. The summed E-state index contributed by atoms with van der Waals surface area (Å²) in [5.74, 6) is 2.98. The van der Waals surface area contributed by atoms with Crippen molar-refractivity contribution in [2.24, 2.45) is 5.92 Å². The molecule has 0 fully saturated rings. The van der Waals surface area contributed by atoms with Gasteiger partial charge < -0.3 is 18.1 Å². The standard InChI is InChI=1S/C17H40NO3SSi/c1-8-20-23(7,21-9-2)14-10-13-22-16-17(3)15-19-12-11-18(4,5)6/h17H,8-16H2,1-7H3/q+1. The zero-order chi connectivity index (χ0) is 17.8. The fourth-order valence-corrected chi connectivity index (χ4v) is 5.93. The number of likely N-dealkylation sites (N-methyl/N-ethyl adjacent to an activating group) is 1. The Morgan fingerprint density at radius 3 is 2.22 bits per heavy atom. The Morgan fingerprint density at radius 2 is 1.70 bits per heavy atom. The van der Waals surface area contributed by atoms with Crippen LogP contribution in [0.1, 0.15) is 27.2 Å². The lowest BCUT2D eigenvalue weighted by Crippen LogP contribution is -2.38. The maximum atomic E-state index is 5.88. The van der Waals surface area contributed by atoms with E-state index in [1.54, 1.807) is 0 Å². The van der Waals surface area contributed by atoms with E-state index in [0.717, 1.165) is 43.5 Å². The van der Waals surface area contributed by atoms with Gasteiger partial charge in [0.2, 0.25) is 0 Å². The minimum Gasteiger partial charge on any atom is -0.395 e. The van der Waals surface area contributed by atoms with Gasteiger partial charge in [-0.25, -0.2) is 0 Å². The fraction of sp³-hybridized carbons (Fsp3) is 1.00. The molecule has 0 rings (SSSR count). The molecule has 0 aromatic rings. The highest BCUT2D eigenvalue weighted by molar-refractivity contribution is 7.99. The molecule has 0 radical (unpaired) electrons. The molecule has 140 valence electrons. The van der Waals surface area contributed by atoms with Gasteiger partial charge in [-0.1, -0.05) is 6.92 Å². The molecular weight excluding hydrogens is 326 g/mol. The van der Waals surface area contributed by atoms with E-state index in [1.807, 2.05) is 11.8 Å². The molecule has 0 saturated heterocycles. The van der Waals surface area contributed by atoms with Gasteiger partial charge >= 0.3 is 8.56 Å². The zero-order valence-corrected chi connectivity index (χ0v) is 18.3. The van der Waals surface area contributed by atoms with Gasteiger partial charge in [0.15, 0.2) is 0 Å². The molecule has 1 atom stereocenters. The van der Waals surface area contributed by atoms with Crippen LogP contribution in [0.4, 0.5) is 0 Å². The Balaban J connectivity index is 3.66. The Bertz CT molecular complexity index is 282. The molecule has 0 heterocycles. The highest BCUT2D eigenvalue weighted by atomic mass is 32.2. The highest BCUT2D eigenvalue weighted by Gasteiger charge is 2.29. The lowest BCUT2D eigenvalue weighted by molar-refractivity contribution is -0.870. The summed E-state index contributed by atoms with van der Waals surface area (Å²) in [6, 6.07) is 1.09. The van der Waals surface area contributed by atoms with Gasteiger partial charge in [0.1, 0.15) is 6.54 Å². The number of nitrogens with zero attached hydrogens (tertiary/aromatic N) is 1. The van der Waals surface area contributed by atoms with Crippen LogP contribution in [0, 0.1) is 5.92 Å². The van der Waals surface area contributed by atoms with Gasteiger partial charge in [-0.3, -0.25) is 0 Å². The Morgan fingerprint density at radius 1 is 1.09 bits per heavy atom. The summed E-state index contributed by atoms with van der Waals surface area (Å²) >= 11 is 2.03. The summed E-state index contributed by atoms with van der Waals surface area (Å²) in [5.41, 5.74) is 0. The first kappa shape index (κ1) is 23.4. The summed E-state index contributed by atoms with van der Waals surface area (Å²) in [7, 11) is 4.69. The van der Waals surface area contributed by atoms with Crippen molar-refractivity contribution < 1.29 is 18.1 Å². The van der Waals surface area contributed by atoms with Crippen LogP contribution in [0.25, 0.3) is 0 Å². The van der Waals surface area contributed by atoms with Crippen molar-refractivity contribution in [3.8, 4) is 0 Å². The van der Waals surface area contributed by atoms with E-state index in [-0.39, 0.29) is 0 Å². The van der Waals surface area contributed by atoms with Crippen molar-refractivity contribution in [3.05, 3.63) is 0 Å². The molecule has 0 bridgehead atoms. The third kappa shape index (κ3) is 14.5. The SMILES string of the molecule is CCO[Si](C)(CCCSCC(C)COCC[N+](C)(C)C)OCC. The van der Waals surface area contributed by atoms with E-state index < -0.39 is 8.56 Å². The summed E-state index contributed by atoms with van der Waals surface area (Å²) in [6.45, 7) is 12.9. The predicted molar refractivity (Wildman–Crippen MR) is 105 cm³/mol. The van der Waals surface area contributed by atoms with Crippen molar-refractivity contribution >= 4 is 20.3 Å². The van der Waals surface area contributed by atoms with Crippen LogP contribution < -0.4 is 0 Å². The zero-order valence-electron chi connectivity index (χ0n) is 16.5. The normalized spacial score (nSPS) is 14.2. The molecule has 4 nitrogen and oxygen atoms in total. The smallest absolute Gasteiger partial charge is 0.334 e. The third-order valence-electron chi connectivity index (χ3n) is 3.53. The first-order chi connectivity index (χ1) is 10.7. The minimum atomic E-state index is -1.91. The monoisotopic (exact) mass is 366 g/mol. The first-order valence-corrected chi connectivity index (χ1v) is 12.6. The van der Waals surface area contributed by atoms with Crippen molar-refractivity contribution in [1.82, 2.24) is 0 Å². The van der Waals surface area contributed by atoms with Crippen molar-refractivity contribution in [2.75, 3.05) is 65.6 Å². The number of thioether (sulfide) groups is 1. The van der Waals surface area contributed by atoms with E-state index in [2.05, 4.69) is 48.5 Å². The lowest BCUT2D eigenvalue weighted by atomic mass is 10.2. The van der Waals surface area contributed by atoms with Gasteiger partial charge in [0.25, 0.3) is 0 Å². The summed E-state index contributed by atoms with van der Waals surface area (Å²) < 4.78 is 18.5. The molecule has 0 amide bonds. The summed E-state index contributed by atoms with van der Waals surface area (Å²) in [6.07, 6.45) is 1.18. The third-order valence-corrected chi connectivity index (χ3v) is 7.97. The topological polar surface area (TPSA) is 27.7 Å². The second-order valence-corrected chi connectivity index (χ2v) is 11.9. The molecule has 0 spiro atoms. The van der Waals surface area contributed by atoms with Gasteiger partial charge in [-0.05, 0) is 50.3 Å². The second kappa shape index (κ2) is 12.7. The van der Waals surface area contributed by atoms with Gasteiger partial charge in [-0.2, -0.15) is 11.8 Å². The van der Waals surface area contributed by atoms with E-state index in [4.69, 9.17) is 13.6 Å². The van der Waals surface area contributed by atoms with Crippen LogP contribution >= 0.6 is 11.8 Å². The van der Waals surface area contributed by atoms with Crippen LogP contribution in [0.5, 0.6) is 0 Å². The number of rotatable bonds is 15. The Labute approximate surface area is 150 Å². The van der Waals surface area contributed by atoms with Gasteiger partial charge in [0.05, 0.1) is 34.4 Å². The average Bonchev–Trinajstić information content (AvgIpc) is 2.43. The largest absolute Gasteiger partial charge is 0.395 e. The van der Waals surface area contributed by atoms with Crippen molar-refractivity contribution in [3.63, 3.8) is 0 Å². The summed E-state index contributed by atoms with van der Waals surface area (Å²) in [5, 5.41) is 0. The molecule has 6 heteroatoms. The summed E-state index contributed by atoms with van der Waals surface area (Å²) in [4.78, 5) is 0. The number of hydrogen-bond donors (Lipinski definition) is 0. The van der Waals surface area contributed by atoms with E-state index in [0.29, 0.717) is 5.92 Å². The average molecular weight is 367 g/mol. The molecule has 0 aromatic carbocycles. The van der Waals surface area contributed by atoms with Crippen molar-refractivity contribution in [2.45, 2.75) is 39.8 Å². The first-order valence-electron chi connectivity index (χ1n) is 8.96. The molecular formula is C17H40NO3SSi+. The maximum absolute atomic E-state index is 5.88. The van der Waals surface area contributed by atoms with E-state index in [9.17, 15) is 0 Å². The van der Waals surface area contributed by atoms with Gasteiger partial charge in [-0.15, -0.1) is 0 Å². The molecule has 0 aliphatic rings. The van der Waals surface area contributed by atoms with Crippen LogP contribution in [0.3, 0.4) is 0 Å². The van der Waals surface area contributed by atoms with E-state index >= 15 is 0 Å². The molecule has 23 heavy (non-hydrogen) atoms. The Kier molecular flexibility index (Phi) is 12.9. The minimum absolute atomic E-state index is 0.620. The van der Waals surface area contributed by atoms with Crippen LogP contribution in [-0.4, -0.2) is 78.7 Å². The molecule has 0 saturated carbocycles. The highest BCUT2D eigenvalue weighted by Crippen LogP contribution is 2.19. The predicted octanol–water partition coefficient (Wildman–Crippen LogP) is 3.61. The van der Waals surface area contributed by atoms with Crippen molar-refractivity contribution in [1.29, 1.82) is 0 Å². The molecule has 0 aliphatic carbocycles. The number of ether oxygens (including phenoxy) is 1. The van der Waals surface area contributed by atoms with Crippen LogP contribution in [0.15, 0.2) is 0 Å². The Hall–Kier alpha value is 0.407. The fourth-order valence-electron chi connectivity index (χ4n) is 2.25.